The van der Waals surface area contributed by atoms with Crippen molar-refractivity contribution in [3.05, 3.63) is 29.3 Å². The van der Waals surface area contributed by atoms with Gasteiger partial charge in [-0.2, -0.15) is 0 Å². The number of amides is 2. The van der Waals surface area contributed by atoms with E-state index in [-0.39, 0.29) is 18.0 Å². The van der Waals surface area contributed by atoms with Crippen LogP contribution in [0.1, 0.15) is 65.7 Å². The molecule has 1 aromatic carbocycles. The Morgan fingerprint density at radius 2 is 1.92 bits per heavy atom. The van der Waals surface area contributed by atoms with E-state index < -0.39 is 0 Å². The van der Waals surface area contributed by atoms with E-state index in [2.05, 4.69) is 10.2 Å². The summed E-state index contributed by atoms with van der Waals surface area (Å²) in [6, 6.07) is 5.80. The first-order chi connectivity index (χ1) is 11.6. The number of rotatable bonds is 2. The van der Waals surface area contributed by atoms with Crippen molar-refractivity contribution in [3.8, 4) is 0 Å². The number of carbonyl (C=O) groups excluding carboxylic acids is 2. The Labute approximate surface area is 143 Å². The van der Waals surface area contributed by atoms with Crippen LogP contribution in [0, 0.1) is 0 Å². The molecule has 0 spiro atoms. The molecule has 0 unspecified atom stereocenters. The Morgan fingerprint density at radius 1 is 1.12 bits per heavy atom. The van der Waals surface area contributed by atoms with Crippen LogP contribution in [0.5, 0.6) is 0 Å². The fourth-order valence-corrected chi connectivity index (χ4v) is 4.37. The number of anilines is 1. The second kappa shape index (κ2) is 6.11. The van der Waals surface area contributed by atoms with Crippen LogP contribution in [0.3, 0.4) is 0 Å². The standard InChI is InChI=1S/C19H25N3O2/c1-21-16-12-13(18(23)20-14-6-3-2-4-7-14)9-10-15(16)19(24)22-11-5-8-17(21)22/h9-10,12,14,17H,2-8,11H2,1H3,(H,20,23)/t17-/m1/s1. The summed E-state index contributed by atoms with van der Waals surface area (Å²) in [7, 11) is 2.02. The van der Waals surface area contributed by atoms with Gasteiger partial charge in [-0.1, -0.05) is 19.3 Å². The zero-order valence-corrected chi connectivity index (χ0v) is 14.3. The van der Waals surface area contributed by atoms with Crippen LogP contribution in [0.15, 0.2) is 18.2 Å². The largest absolute Gasteiger partial charge is 0.354 e. The van der Waals surface area contributed by atoms with Crippen LogP contribution in [-0.4, -0.2) is 42.5 Å². The highest BCUT2D eigenvalue weighted by Gasteiger charge is 2.38. The first-order valence-corrected chi connectivity index (χ1v) is 9.14. The van der Waals surface area contributed by atoms with Crippen molar-refractivity contribution >= 4 is 17.5 Å². The number of nitrogens with one attached hydrogen (secondary N) is 1. The van der Waals surface area contributed by atoms with Crippen LogP contribution in [-0.2, 0) is 0 Å². The van der Waals surface area contributed by atoms with Gasteiger partial charge in [0.05, 0.1) is 11.3 Å². The lowest BCUT2D eigenvalue weighted by atomic mass is 9.95. The van der Waals surface area contributed by atoms with Crippen molar-refractivity contribution in [2.24, 2.45) is 0 Å². The molecule has 1 atom stereocenters. The molecule has 4 rings (SSSR count). The normalized spacial score (nSPS) is 23.9. The van der Waals surface area contributed by atoms with Gasteiger partial charge in [-0.25, -0.2) is 0 Å². The molecule has 1 saturated carbocycles. The van der Waals surface area contributed by atoms with E-state index >= 15 is 0 Å². The van der Waals surface area contributed by atoms with E-state index in [1.54, 1.807) is 6.07 Å². The van der Waals surface area contributed by atoms with Gasteiger partial charge in [0.15, 0.2) is 0 Å². The molecule has 0 radical (unpaired) electrons. The average molecular weight is 327 g/mol. The molecule has 128 valence electrons. The number of benzene rings is 1. The maximum absolute atomic E-state index is 12.6. The minimum absolute atomic E-state index is 0.0144. The fraction of sp³-hybridized carbons (Fsp3) is 0.579. The number of carbonyl (C=O) groups is 2. The number of fused-ring (bicyclic) bond motifs is 2. The van der Waals surface area contributed by atoms with Gasteiger partial charge < -0.3 is 15.1 Å². The van der Waals surface area contributed by atoms with Gasteiger partial charge in [0.1, 0.15) is 6.17 Å². The minimum Gasteiger partial charge on any atom is -0.354 e. The van der Waals surface area contributed by atoms with E-state index in [0.29, 0.717) is 17.2 Å². The molecule has 2 heterocycles. The molecule has 0 bridgehead atoms. The number of hydrogen-bond donors (Lipinski definition) is 1. The third kappa shape index (κ3) is 2.56. The third-order valence-electron chi connectivity index (χ3n) is 5.74. The molecule has 2 aliphatic heterocycles. The van der Waals surface area contributed by atoms with Crippen molar-refractivity contribution in [1.82, 2.24) is 10.2 Å². The molecule has 1 aromatic rings. The zero-order chi connectivity index (χ0) is 16.7. The van der Waals surface area contributed by atoms with E-state index in [0.717, 1.165) is 37.9 Å². The average Bonchev–Trinajstić information content (AvgIpc) is 3.10. The Bertz CT molecular complexity index is 667. The van der Waals surface area contributed by atoms with Gasteiger partial charge in [0.2, 0.25) is 0 Å². The lowest BCUT2D eigenvalue weighted by Gasteiger charge is -2.40. The van der Waals surface area contributed by atoms with E-state index in [4.69, 9.17) is 0 Å². The van der Waals surface area contributed by atoms with Crippen molar-refractivity contribution in [1.29, 1.82) is 0 Å². The summed E-state index contributed by atoms with van der Waals surface area (Å²) in [5.41, 5.74) is 2.26. The SMILES string of the molecule is CN1c2cc(C(=O)NC3CCCCC3)ccc2C(=O)N2CCC[C@@H]21. The summed E-state index contributed by atoms with van der Waals surface area (Å²) < 4.78 is 0. The first-order valence-electron chi connectivity index (χ1n) is 9.14. The van der Waals surface area contributed by atoms with Gasteiger partial charge >= 0.3 is 0 Å². The summed E-state index contributed by atoms with van der Waals surface area (Å²) in [5, 5.41) is 3.16. The maximum atomic E-state index is 12.6. The molecule has 5 heteroatoms. The summed E-state index contributed by atoms with van der Waals surface area (Å²) in [4.78, 5) is 29.3. The number of hydrogen-bond acceptors (Lipinski definition) is 3. The predicted molar refractivity (Wildman–Crippen MR) is 93.2 cm³/mol. The Morgan fingerprint density at radius 3 is 2.71 bits per heavy atom. The van der Waals surface area contributed by atoms with Gasteiger partial charge in [-0.05, 0) is 43.9 Å². The monoisotopic (exact) mass is 327 g/mol. The molecule has 3 aliphatic rings. The van der Waals surface area contributed by atoms with E-state index in [1.165, 1.54) is 19.3 Å². The molecule has 1 saturated heterocycles. The predicted octanol–water partition coefficient (Wildman–Crippen LogP) is 2.76. The summed E-state index contributed by atoms with van der Waals surface area (Å²) in [6.07, 6.45) is 8.01. The molecular weight excluding hydrogens is 302 g/mol. The minimum atomic E-state index is -0.0144. The summed E-state index contributed by atoms with van der Waals surface area (Å²) in [6.45, 7) is 0.831. The van der Waals surface area contributed by atoms with Gasteiger partial charge in [-0.3, -0.25) is 9.59 Å². The highest BCUT2D eigenvalue weighted by atomic mass is 16.2. The fourth-order valence-electron chi connectivity index (χ4n) is 4.37. The van der Waals surface area contributed by atoms with Crippen molar-refractivity contribution in [2.45, 2.75) is 57.2 Å². The Kier molecular flexibility index (Phi) is 3.94. The van der Waals surface area contributed by atoms with Gasteiger partial charge in [-0.15, -0.1) is 0 Å². The quantitative estimate of drug-likeness (QED) is 0.909. The summed E-state index contributed by atoms with van der Waals surface area (Å²) in [5.74, 6) is 0.0873. The van der Waals surface area contributed by atoms with E-state index in [9.17, 15) is 9.59 Å². The zero-order valence-electron chi connectivity index (χ0n) is 14.3. The molecule has 2 amide bonds. The Hall–Kier alpha value is -2.04. The molecule has 2 fully saturated rings. The maximum Gasteiger partial charge on any atom is 0.257 e. The molecular formula is C19H25N3O2. The molecule has 0 aromatic heterocycles. The molecule has 1 aliphatic carbocycles. The highest BCUT2D eigenvalue weighted by molar-refractivity contribution is 6.04. The second-order valence-electron chi connectivity index (χ2n) is 7.27. The van der Waals surface area contributed by atoms with Crippen LogP contribution >= 0.6 is 0 Å². The Balaban J connectivity index is 1.57. The lowest BCUT2D eigenvalue weighted by molar-refractivity contribution is 0.0719. The van der Waals surface area contributed by atoms with E-state index in [1.807, 2.05) is 24.1 Å². The van der Waals surface area contributed by atoms with Crippen LogP contribution < -0.4 is 10.2 Å². The molecule has 24 heavy (non-hydrogen) atoms. The van der Waals surface area contributed by atoms with Crippen LogP contribution in [0.25, 0.3) is 0 Å². The topological polar surface area (TPSA) is 52.7 Å². The first kappa shape index (κ1) is 15.5. The van der Waals surface area contributed by atoms with Gasteiger partial charge in [0.25, 0.3) is 11.8 Å². The summed E-state index contributed by atoms with van der Waals surface area (Å²) >= 11 is 0. The van der Waals surface area contributed by atoms with Crippen LogP contribution in [0.4, 0.5) is 5.69 Å². The van der Waals surface area contributed by atoms with Crippen molar-refractivity contribution < 1.29 is 9.59 Å². The molecule has 1 N–H and O–H groups in total. The van der Waals surface area contributed by atoms with Gasteiger partial charge in [0, 0.05) is 25.2 Å². The van der Waals surface area contributed by atoms with Crippen molar-refractivity contribution in [2.75, 3.05) is 18.5 Å². The molecule has 5 nitrogen and oxygen atoms in total. The second-order valence-corrected chi connectivity index (χ2v) is 7.27. The smallest absolute Gasteiger partial charge is 0.257 e. The third-order valence-corrected chi connectivity index (χ3v) is 5.74. The van der Waals surface area contributed by atoms with Crippen LogP contribution in [0.2, 0.25) is 0 Å². The number of nitrogens with zero attached hydrogens (tertiary/aromatic N) is 2. The highest BCUT2D eigenvalue weighted by Crippen LogP contribution is 2.35. The lowest BCUT2D eigenvalue weighted by Crippen LogP contribution is -2.50. The van der Waals surface area contributed by atoms with Crippen molar-refractivity contribution in [3.63, 3.8) is 0 Å².